The second-order valence-electron chi connectivity index (χ2n) is 7.89. The van der Waals surface area contributed by atoms with Crippen molar-refractivity contribution in [3.8, 4) is 11.5 Å². The molecule has 0 saturated heterocycles. The van der Waals surface area contributed by atoms with Gasteiger partial charge in [-0.1, -0.05) is 12.1 Å². The largest absolute Gasteiger partial charge is 0.493 e. The third-order valence-corrected chi connectivity index (χ3v) is 5.50. The number of aromatic nitrogens is 1. The molecular formula is C26H23N5O6. The Morgan fingerprint density at radius 1 is 0.919 bits per heavy atom. The predicted octanol–water partition coefficient (Wildman–Crippen LogP) is 3.91. The first-order valence-corrected chi connectivity index (χ1v) is 11.1. The van der Waals surface area contributed by atoms with Crippen molar-refractivity contribution < 1.29 is 24.0 Å². The van der Waals surface area contributed by atoms with Gasteiger partial charge in [0.1, 0.15) is 0 Å². The number of nitrogens with zero attached hydrogens (tertiary/aromatic N) is 2. The Morgan fingerprint density at radius 3 is 2.24 bits per heavy atom. The average Bonchev–Trinajstić information content (AvgIpc) is 2.91. The number of non-ortho nitro benzene ring substituents is 1. The molecule has 1 heterocycles. The Kier molecular flexibility index (Phi) is 7.43. The highest BCUT2D eigenvalue weighted by atomic mass is 16.6. The van der Waals surface area contributed by atoms with E-state index in [1.807, 2.05) is 12.1 Å². The number of hydrazine groups is 1. The van der Waals surface area contributed by atoms with Gasteiger partial charge in [-0.2, -0.15) is 0 Å². The summed E-state index contributed by atoms with van der Waals surface area (Å²) in [4.78, 5) is 39.2. The van der Waals surface area contributed by atoms with Crippen molar-refractivity contribution in [1.82, 2.24) is 15.8 Å². The fraction of sp³-hybridized carbons (Fsp3) is 0.115. The highest BCUT2D eigenvalue weighted by Crippen LogP contribution is 2.35. The number of hydrogen-bond donors (Lipinski definition) is 3. The molecule has 1 aromatic heterocycles. The number of carbonyl (C=O) groups is 2. The third kappa shape index (κ3) is 5.90. The first-order chi connectivity index (χ1) is 17.9. The highest BCUT2D eigenvalue weighted by molar-refractivity contribution is 5.97. The van der Waals surface area contributed by atoms with Crippen molar-refractivity contribution in [2.24, 2.45) is 0 Å². The smallest absolute Gasteiger partial charge is 0.269 e. The molecule has 3 N–H and O–H groups in total. The second-order valence-corrected chi connectivity index (χ2v) is 7.89. The van der Waals surface area contributed by atoms with Crippen LogP contribution in [-0.4, -0.2) is 35.9 Å². The molecule has 3 aromatic carbocycles. The van der Waals surface area contributed by atoms with Gasteiger partial charge in [-0.05, 0) is 42.0 Å². The number of ether oxygens (including phenoxy) is 2. The molecule has 188 valence electrons. The van der Waals surface area contributed by atoms with Gasteiger partial charge in [0.05, 0.1) is 31.1 Å². The lowest BCUT2D eigenvalue weighted by atomic mass is 10.1. The molecule has 0 aliphatic rings. The maximum absolute atomic E-state index is 12.4. The lowest BCUT2D eigenvalue weighted by molar-refractivity contribution is -0.384. The molecular weight excluding hydrogens is 478 g/mol. The number of nitro benzene ring substituents is 1. The minimum absolute atomic E-state index is 0.0440. The Morgan fingerprint density at radius 2 is 1.59 bits per heavy atom. The van der Waals surface area contributed by atoms with E-state index in [1.165, 1.54) is 24.3 Å². The van der Waals surface area contributed by atoms with E-state index in [9.17, 15) is 19.7 Å². The molecule has 4 rings (SSSR count). The van der Waals surface area contributed by atoms with Crippen LogP contribution in [0, 0.1) is 10.1 Å². The molecule has 0 saturated carbocycles. The second kappa shape index (κ2) is 11.0. The number of methoxy groups -OCH3 is 2. The molecule has 4 aromatic rings. The van der Waals surface area contributed by atoms with Gasteiger partial charge >= 0.3 is 0 Å². The molecule has 0 aliphatic heterocycles. The summed E-state index contributed by atoms with van der Waals surface area (Å²) in [5.41, 5.74) is 7.82. The van der Waals surface area contributed by atoms with E-state index in [-0.39, 0.29) is 12.1 Å². The van der Waals surface area contributed by atoms with Gasteiger partial charge in [0.25, 0.3) is 11.6 Å². The summed E-state index contributed by atoms with van der Waals surface area (Å²) in [7, 11) is 3.13. The average molecular weight is 501 g/mol. The normalized spacial score (nSPS) is 10.4. The molecule has 11 nitrogen and oxygen atoms in total. The molecule has 37 heavy (non-hydrogen) atoms. The molecule has 2 amide bonds. The van der Waals surface area contributed by atoms with E-state index in [0.29, 0.717) is 22.6 Å². The van der Waals surface area contributed by atoms with Crippen molar-refractivity contribution in [2.45, 2.75) is 6.42 Å². The Bertz CT molecular complexity index is 1460. The molecule has 0 aliphatic carbocycles. The fourth-order valence-electron chi connectivity index (χ4n) is 3.61. The van der Waals surface area contributed by atoms with Crippen LogP contribution in [0.4, 0.5) is 17.1 Å². The lowest BCUT2D eigenvalue weighted by Gasteiger charge is -2.13. The van der Waals surface area contributed by atoms with E-state index in [0.717, 1.165) is 22.3 Å². The maximum atomic E-state index is 12.4. The number of fused-ring (bicyclic) bond motifs is 1. The molecule has 0 atom stereocenters. The van der Waals surface area contributed by atoms with Crippen LogP contribution in [0.3, 0.4) is 0 Å². The number of benzene rings is 3. The minimum Gasteiger partial charge on any atom is -0.493 e. The number of pyridine rings is 1. The van der Waals surface area contributed by atoms with Crippen molar-refractivity contribution in [2.75, 3.05) is 19.5 Å². The van der Waals surface area contributed by atoms with Crippen LogP contribution in [0.5, 0.6) is 11.5 Å². The van der Waals surface area contributed by atoms with Crippen LogP contribution < -0.4 is 25.6 Å². The van der Waals surface area contributed by atoms with E-state index in [4.69, 9.17) is 9.47 Å². The summed E-state index contributed by atoms with van der Waals surface area (Å²) >= 11 is 0. The third-order valence-electron chi connectivity index (χ3n) is 5.50. The fourth-order valence-corrected chi connectivity index (χ4v) is 3.61. The zero-order valence-electron chi connectivity index (χ0n) is 20.0. The van der Waals surface area contributed by atoms with Crippen molar-refractivity contribution in [3.63, 3.8) is 0 Å². The first kappa shape index (κ1) is 24.9. The van der Waals surface area contributed by atoms with E-state index >= 15 is 0 Å². The van der Waals surface area contributed by atoms with Gasteiger partial charge < -0.3 is 14.8 Å². The SMILES string of the molecule is COc1cc2nccc(Nc3ccc(C(=O)NNC(=O)Cc4ccc([N+](=O)[O-])cc4)cc3)c2cc1OC. The van der Waals surface area contributed by atoms with Crippen molar-refractivity contribution in [3.05, 3.63) is 94.2 Å². The number of anilines is 2. The van der Waals surface area contributed by atoms with Crippen LogP contribution in [-0.2, 0) is 11.2 Å². The van der Waals surface area contributed by atoms with Crippen LogP contribution >= 0.6 is 0 Å². The minimum atomic E-state index is -0.515. The molecule has 0 bridgehead atoms. The van der Waals surface area contributed by atoms with E-state index in [2.05, 4.69) is 21.2 Å². The van der Waals surface area contributed by atoms with Gasteiger partial charge in [-0.3, -0.25) is 35.5 Å². The first-order valence-electron chi connectivity index (χ1n) is 11.1. The standard InChI is InChI=1S/C26H23N5O6/c1-36-23-14-20-21(11-12-27-22(20)15-24(23)37-2)28-18-7-5-17(6-8-18)26(33)30-29-25(32)13-16-3-9-19(10-4-16)31(34)35/h3-12,14-15H,13H2,1-2H3,(H,27,28)(H,29,32)(H,30,33). The molecule has 0 fully saturated rings. The molecule has 0 radical (unpaired) electrons. The summed E-state index contributed by atoms with van der Waals surface area (Å²) < 4.78 is 10.7. The number of nitro groups is 1. The number of amides is 2. The zero-order valence-corrected chi connectivity index (χ0v) is 20.0. The van der Waals surface area contributed by atoms with Crippen molar-refractivity contribution in [1.29, 1.82) is 0 Å². The van der Waals surface area contributed by atoms with Crippen LogP contribution in [0.25, 0.3) is 10.9 Å². The van der Waals surface area contributed by atoms with Crippen LogP contribution in [0.1, 0.15) is 15.9 Å². The quantitative estimate of drug-likeness (QED) is 0.243. The monoisotopic (exact) mass is 501 g/mol. The summed E-state index contributed by atoms with van der Waals surface area (Å²) in [5.74, 6) is 0.204. The molecule has 0 unspecified atom stereocenters. The number of hydrogen-bond acceptors (Lipinski definition) is 8. The lowest BCUT2D eigenvalue weighted by Crippen LogP contribution is -2.42. The topological polar surface area (TPSA) is 145 Å². The van der Waals surface area contributed by atoms with Gasteiger partial charge in [-0.25, -0.2) is 0 Å². The zero-order chi connectivity index (χ0) is 26.4. The number of carbonyl (C=O) groups excluding carboxylic acids is 2. The summed E-state index contributed by atoms with van der Waals surface area (Å²) in [6, 6.07) is 17.8. The summed E-state index contributed by atoms with van der Waals surface area (Å²) in [5, 5.41) is 14.9. The number of rotatable bonds is 8. The predicted molar refractivity (Wildman–Crippen MR) is 137 cm³/mol. The Hall–Kier alpha value is -5.19. The van der Waals surface area contributed by atoms with E-state index in [1.54, 1.807) is 50.7 Å². The van der Waals surface area contributed by atoms with Gasteiger partial charge in [0, 0.05) is 46.7 Å². The van der Waals surface area contributed by atoms with Crippen molar-refractivity contribution >= 4 is 39.8 Å². The summed E-state index contributed by atoms with van der Waals surface area (Å²) in [6.45, 7) is 0. The van der Waals surface area contributed by atoms with Gasteiger partial charge in [0.2, 0.25) is 5.91 Å². The maximum Gasteiger partial charge on any atom is 0.269 e. The highest BCUT2D eigenvalue weighted by Gasteiger charge is 2.12. The molecule has 11 heteroatoms. The van der Waals surface area contributed by atoms with Crippen LogP contribution in [0.2, 0.25) is 0 Å². The Labute approximate surface area is 211 Å². The van der Waals surface area contributed by atoms with Gasteiger partial charge in [-0.15, -0.1) is 0 Å². The molecule has 0 spiro atoms. The summed E-state index contributed by atoms with van der Waals surface area (Å²) in [6.07, 6.45) is 1.63. The Balaban J connectivity index is 1.37. The van der Waals surface area contributed by atoms with Gasteiger partial charge in [0.15, 0.2) is 11.5 Å². The van der Waals surface area contributed by atoms with E-state index < -0.39 is 16.7 Å². The number of nitrogens with one attached hydrogen (secondary N) is 3. The van der Waals surface area contributed by atoms with Crippen LogP contribution in [0.15, 0.2) is 72.9 Å².